The molecular formula is C10H23NO. The minimum absolute atomic E-state index is 0. The molecule has 0 unspecified atom stereocenters. The smallest absolute Gasteiger partial charge is 0.222 e. The van der Waals surface area contributed by atoms with Gasteiger partial charge in [0.1, 0.15) is 0 Å². The van der Waals surface area contributed by atoms with Crippen LogP contribution in [-0.4, -0.2) is 23.4 Å². The van der Waals surface area contributed by atoms with Crippen LogP contribution < -0.4 is 0 Å². The van der Waals surface area contributed by atoms with Gasteiger partial charge in [0.25, 0.3) is 0 Å². The van der Waals surface area contributed by atoms with Crippen molar-refractivity contribution < 1.29 is 4.79 Å². The van der Waals surface area contributed by atoms with Crippen LogP contribution in [0.25, 0.3) is 0 Å². The molecule has 1 saturated heterocycles. The Morgan fingerprint density at radius 3 is 2.00 bits per heavy atom. The lowest BCUT2D eigenvalue weighted by Crippen LogP contribution is -2.31. The maximum absolute atomic E-state index is 10.9. The molecule has 0 bridgehead atoms. The Morgan fingerprint density at radius 2 is 1.83 bits per heavy atom. The third kappa shape index (κ3) is 3.74. The zero-order valence-corrected chi connectivity index (χ0v) is 8.05. The van der Waals surface area contributed by atoms with Gasteiger partial charge >= 0.3 is 0 Å². The fraction of sp³-hybridized carbons (Fsp3) is 0.900. The third-order valence-electron chi connectivity index (χ3n) is 1.73. The zero-order valence-electron chi connectivity index (χ0n) is 8.05. The summed E-state index contributed by atoms with van der Waals surface area (Å²) < 4.78 is 0. The van der Waals surface area contributed by atoms with E-state index >= 15 is 0 Å². The molecule has 0 aromatic rings. The summed E-state index contributed by atoms with van der Waals surface area (Å²) >= 11 is 0. The number of hydrogen-bond acceptors (Lipinski definition) is 1. The molecule has 2 nitrogen and oxygen atoms in total. The van der Waals surface area contributed by atoms with Crippen LogP contribution in [0.1, 0.15) is 48.0 Å². The molecule has 0 saturated carbocycles. The van der Waals surface area contributed by atoms with Gasteiger partial charge in [-0.15, -0.1) is 0 Å². The summed E-state index contributed by atoms with van der Waals surface area (Å²) in [4.78, 5) is 12.9. The molecule has 1 aliphatic heterocycles. The number of carbonyl (C=O) groups excluding carboxylic acids is 1. The van der Waals surface area contributed by atoms with E-state index < -0.39 is 0 Å². The van der Waals surface area contributed by atoms with Crippen LogP contribution in [0.3, 0.4) is 0 Å². The van der Waals surface area contributed by atoms with Crippen LogP contribution in [0.2, 0.25) is 0 Å². The van der Waals surface area contributed by atoms with E-state index in [9.17, 15) is 4.79 Å². The van der Waals surface area contributed by atoms with Gasteiger partial charge in [-0.25, -0.2) is 0 Å². The molecular weight excluding hydrogens is 150 g/mol. The van der Waals surface area contributed by atoms with Gasteiger partial charge < -0.3 is 4.90 Å². The molecule has 74 valence electrons. The SMILES string of the molecule is C.CC.CC(C)N1CCCC1=O. The monoisotopic (exact) mass is 173 g/mol. The number of carbonyl (C=O) groups is 1. The molecule has 0 atom stereocenters. The average Bonchev–Trinajstić information content (AvgIpc) is 2.39. The van der Waals surface area contributed by atoms with Crippen molar-refractivity contribution in [3.8, 4) is 0 Å². The number of nitrogens with zero attached hydrogens (tertiary/aromatic N) is 1. The van der Waals surface area contributed by atoms with E-state index in [0.29, 0.717) is 11.9 Å². The van der Waals surface area contributed by atoms with E-state index in [1.54, 1.807) is 0 Å². The Labute approximate surface area is 77.0 Å². The van der Waals surface area contributed by atoms with Crippen LogP contribution >= 0.6 is 0 Å². The Balaban J connectivity index is 0. The Bertz CT molecular complexity index is 121. The first-order valence-electron chi connectivity index (χ1n) is 4.51. The summed E-state index contributed by atoms with van der Waals surface area (Å²) in [5, 5.41) is 0. The van der Waals surface area contributed by atoms with Crippen molar-refractivity contribution >= 4 is 5.91 Å². The van der Waals surface area contributed by atoms with Gasteiger partial charge in [-0.1, -0.05) is 21.3 Å². The van der Waals surface area contributed by atoms with Crippen molar-refractivity contribution in [2.45, 2.75) is 54.0 Å². The lowest BCUT2D eigenvalue weighted by Gasteiger charge is -2.19. The minimum Gasteiger partial charge on any atom is -0.340 e. The second-order valence-electron chi connectivity index (χ2n) is 2.78. The van der Waals surface area contributed by atoms with E-state index in [4.69, 9.17) is 0 Å². The van der Waals surface area contributed by atoms with Crippen molar-refractivity contribution in [1.29, 1.82) is 0 Å². The highest BCUT2D eigenvalue weighted by Gasteiger charge is 2.21. The second-order valence-corrected chi connectivity index (χ2v) is 2.78. The van der Waals surface area contributed by atoms with E-state index in [1.165, 1.54) is 0 Å². The predicted molar refractivity (Wildman–Crippen MR) is 54.2 cm³/mol. The molecule has 12 heavy (non-hydrogen) atoms. The average molecular weight is 173 g/mol. The van der Waals surface area contributed by atoms with Crippen molar-refractivity contribution in [2.75, 3.05) is 6.54 Å². The first-order chi connectivity index (χ1) is 5.22. The quantitative estimate of drug-likeness (QED) is 0.597. The highest BCUT2D eigenvalue weighted by Crippen LogP contribution is 2.12. The number of amides is 1. The van der Waals surface area contributed by atoms with Crippen LogP contribution in [-0.2, 0) is 4.79 Å². The van der Waals surface area contributed by atoms with E-state index in [0.717, 1.165) is 19.4 Å². The molecule has 0 aromatic heterocycles. The van der Waals surface area contributed by atoms with Gasteiger partial charge in [0, 0.05) is 19.0 Å². The summed E-state index contributed by atoms with van der Waals surface area (Å²) in [7, 11) is 0. The molecule has 0 aliphatic carbocycles. The van der Waals surface area contributed by atoms with Gasteiger partial charge in [-0.2, -0.15) is 0 Å². The summed E-state index contributed by atoms with van der Waals surface area (Å²) in [6, 6.07) is 0.403. The maximum atomic E-state index is 10.9. The highest BCUT2D eigenvalue weighted by atomic mass is 16.2. The van der Waals surface area contributed by atoms with E-state index in [-0.39, 0.29) is 7.43 Å². The van der Waals surface area contributed by atoms with Crippen LogP contribution in [0, 0.1) is 0 Å². The van der Waals surface area contributed by atoms with Gasteiger partial charge in [-0.05, 0) is 20.3 Å². The second kappa shape index (κ2) is 7.14. The Hall–Kier alpha value is -0.530. The van der Waals surface area contributed by atoms with Crippen molar-refractivity contribution in [1.82, 2.24) is 4.90 Å². The lowest BCUT2D eigenvalue weighted by atomic mass is 10.3. The number of hydrogen-bond donors (Lipinski definition) is 0. The normalized spacial score (nSPS) is 15.4. The highest BCUT2D eigenvalue weighted by molar-refractivity contribution is 5.78. The van der Waals surface area contributed by atoms with Crippen molar-refractivity contribution in [3.63, 3.8) is 0 Å². The Kier molecular flexibility index (Phi) is 8.34. The molecule has 0 spiro atoms. The summed E-state index contributed by atoms with van der Waals surface area (Å²) in [5.41, 5.74) is 0. The van der Waals surface area contributed by atoms with Gasteiger partial charge in [0.2, 0.25) is 5.91 Å². The molecule has 2 heteroatoms. The molecule has 0 N–H and O–H groups in total. The van der Waals surface area contributed by atoms with Crippen LogP contribution in [0.15, 0.2) is 0 Å². The van der Waals surface area contributed by atoms with Crippen LogP contribution in [0.4, 0.5) is 0 Å². The van der Waals surface area contributed by atoms with Crippen molar-refractivity contribution in [2.24, 2.45) is 0 Å². The first kappa shape index (κ1) is 14.0. The molecule has 0 radical (unpaired) electrons. The number of likely N-dealkylation sites (tertiary alicyclic amines) is 1. The standard InChI is InChI=1S/C7H13NO.C2H6.CH4/c1-6(2)8-5-3-4-7(8)9;1-2;/h6H,3-5H2,1-2H3;1-2H3;1H4. The molecule has 1 aliphatic rings. The van der Waals surface area contributed by atoms with Gasteiger partial charge in [-0.3, -0.25) is 4.79 Å². The summed E-state index contributed by atoms with van der Waals surface area (Å²) in [5.74, 6) is 0.324. The lowest BCUT2D eigenvalue weighted by molar-refractivity contribution is -0.129. The maximum Gasteiger partial charge on any atom is 0.222 e. The molecule has 1 rings (SSSR count). The molecule has 0 aromatic carbocycles. The fourth-order valence-corrected chi connectivity index (χ4v) is 1.22. The summed E-state index contributed by atoms with van der Waals surface area (Å²) in [6.45, 7) is 9.09. The van der Waals surface area contributed by atoms with Crippen molar-refractivity contribution in [3.05, 3.63) is 0 Å². The third-order valence-corrected chi connectivity index (χ3v) is 1.73. The predicted octanol–water partition coefficient (Wildman–Crippen LogP) is 2.68. The van der Waals surface area contributed by atoms with Crippen LogP contribution in [0.5, 0.6) is 0 Å². The topological polar surface area (TPSA) is 20.3 Å². The largest absolute Gasteiger partial charge is 0.340 e. The zero-order chi connectivity index (χ0) is 8.85. The minimum atomic E-state index is 0. The van der Waals surface area contributed by atoms with Gasteiger partial charge in [0.15, 0.2) is 0 Å². The Morgan fingerprint density at radius 1 is 1.33 bits per heavy atom. The first-order valence-corrected chi connectivity index (χ1v) is 4.51. The van der Waals surface area contributed by atoms with E-state index in [1.807, 2.05) is 18.7 Å². The fourth-order valence-electron chi connectivity index (χ4n) is 1.22. The van der Waals surface area contributed by atoms with Gasteiger partial charge in [0.05, 0.1) is 0 Å². The molecule has 1 heterocycles. The molecule has 1 amide bonds. The summed E-state index contributed by atoms with van der Waals surface area (Å²) in [6.07, 6.45) is 1.81. The number of rotatable bonds is 1. The van der Waals surface area contributed by atoms with E-state index in [2.05, 4.69) is 13.8 Å². The molecule has 1 fully saturated rings.